The summed E-state index contributed by atoms with van der Waals surface area (Å²) < 4.78 is 1.67. The quantitative estimate of drug-likeness (QED) is 0.556. The average molecular weight is 404 g/mol. The van der Waals surface area contributed by atoms with E-state index in [4.69, 9.17) is 23.2 Å². The second-order valence-electron chi connectivity index (χ2n) is 5.40. The molecule has 0 saturated carbocycles. The highest BCUT2D eigenvalue weighted by Gasteiger charge is 2.15. The highest BCUT2D eigenvalue weighted by molar-refractivity contribution is 7.13. The maximum absolute atomic E-state index is 12.4. The van der Waals surface area contributed by atoms with Gasteiger partial charge in [-0.05, 0) is 23.8 Å². The molecule has 4 rings (SSSR count). The first-order chi connectivity index (χ1) is 12.6. The van der Waals surface area contributed by atoms with Crippen molar-refractivity contribution in [1.29, 1.82) is 0 Å². The molecule has 130 valence electrons. The first kappa shape index (κ1) is 17.0. The molecule has 0 fully saturated rings. The van der Waals surface area contributed by atoms with Crippen molar-refractivity contribution in [2.45, 2.75) is 6.54 Å². The van der Waals surface area contributed by atoms with E-state index >= 15 is 0 Å². The van der Waals surface area contributed by atoms with Crippen LogP contribution in [0.3, 0.4) is 0 Å². The number of hydrogen-bond donors (Lipinski definition) is 1. The summed E-state index contributed by atoms with van der Waals surface area (Å²) in [6.07, 6.45) is 5.19. The van der Waals surface area contributed by atoms with Crippen LogP contribution in [0, 0.1) is 0 Å². The fraction of sp³-hybridized carbons (Fsp3) is 0.0588. The standard InChI is InChI=1S/C17H11Cl2N5OS/c18-11-3-2-10(13(19)6-11)7-21-16(25)14-9-26-17(23-14)12-8-22-24-5-1-4-20-15(12)24/h1-6,8-9H,7H2,(H,21,25). The highest BCUT2D eigenvalue weighted by atomic mass is 35.5. The topological polar surface area (TPSA) is 72.2 Å². The van der Waals surface area contributed by atoms with Crippen LogP contribution >= 0.6 is 34.5 Å². The Morgan fingerprint density at radius 1 is 1.31 bits per heavy atom. The summed E-state index contributed by atoms with van der Waals surface area (Å²) in [6, 6.07) is 6.95. The van der Waals surface area contributed by atoms with E-state index in [9.17, 15) is 4.79 Å². The Labute approximate surface area is 162 Å². The van der Waals surface area contributed by atoms with Crippen LogP contribution in [0.1, 0.15) is 16.1 Å². The van der Waals surface area contributed by atoms with Crippen LogP contribution in [0.25, 0.3) is 16.2 Å². The summed E-state index contributed by atoms with van der Waals surface area (Å²) in [6.45, 7) is 0.292. The Balaban J connectivity index is 1.51. The average Bonchev–Trinajstić information content (AvgIpc) is 3.27. The third-order valence-electron chi connectivity index (χ3n) is 3.70. The van der Waals surface area contributed by atoms with Crippen molar-refractivity contribution in [3.05, 3.63) is 69.5 Å². The SMILES string of the molecule is O=C(NCc1ccc(Cl)cc1Cl)c1csc(-c2cnn3cccnc23)n1. The van der Waals surface area contributed by atoms with Gasteiger partial charge in [-0.3, -0.25) is 4.79 Å². The molecule has 0 radical (unpaired) electrons. The lowest BCUT2D eigenvalue weighted by atomic mass is 10.2. The molecular formula is C17H11Cl2N5OS. The predicted octanol–water partition coefficient (Wildman–Crippen LogP) is 4.09. The number of nitrogens with zero attached hydrogens (tertiary/aromatic N) is 4. The van der Waals surface area contributed by atoms with Gasteiger partial charge >= 0.3 is 0 Å². The van der Waals surface area contributed by atoms with E-state index in [1.165, 1.54) is 11.3 Å². The Kier molecular flexibility index (Phi) is 4.58. The molecule has 0 aliphatic carbocycles. The molecule has 0 atom stereocenters. The smallest absolute Gasteiger partial charge is 0.271 e. The molecule has 26 heavy (non-hydrogen) atoms. The Morgan fingerprint density at radius 2 is 2.19 bits per heavy atom. The lowest BCUT2D eigenvalue weighted by Gasteiger charge is -2.06. The highest BCUT2D eigenvalue weighted by Crippen LogP contribution is 2.26. The Bertz CT molecular complexity index is 1110. The van der Waals surface area contributed by atoms with Gasteiger partial charge in [-0.15, -0.1) is 11.3 Å². The molecule has 0 saturated heterocycles. The van der Waals surface area contributed by atoms with Crippen molar-refractivity contribution >= 4 is 46.1 Å². The van der Waals surface area contributed by atoms with Crippen LogP contribution in [0.5, 0.6) is 0 Å². The van der Waals surface area contributed by atoms with Crippen LogP contribution in [0.4, 0.5) is 0 Å². The zero-order valence-corrected chi connectivity index (χ0v) is 15.5. The minimum atomic E-state index is -0.275. The molecule has 1 aromatic carbocycles. The Morgan fingerprint density at radius 3 is 3.04 bits per heavy atom. The summed E-state index contributed by atoms with van der Waals surface area (Å²) in [7, 11) is 0. The van der Waals surface area contributed by atoms with E-state index in [-0.39, 0.29) is 5.91 Å². The second-order valence-corrected chi connectivity index (χ2v) is 7.10. The minimum Gasteiger partial charge on any atom is -0.347 e. The third-order valence-corrected chi connectivity index (χ3v) is 5.16. The van der Waals surface area contributed by atoms with Gasteiger partial charge in [0.05, 0.1) is 11.8 Å². The number of aromatic nitrogens is 4. The molecule has 6 nitrogen and oxygen atoms in total. The van der Waals surface area contributed by atoms with Crippen LogP contribution < -0.4 is 5.32 Å². The van der Waals surface area contributed by atoms with Crippen LogP contribution in [0.15, 0.2) is 48.2 Å². The number of rotatable bonds is 4. The Hall–Kier alpha value is -2.48. The molecule has 4 aromatic rings. The number of nitrogens with one attached hydrogen (secondary N) is 1. The van der Waals surface area contributed by atoms with Gasteiger partial charge in [0.1, 0.15) is 10.7 Å². The summed E-state index contributed by atoms with van der Waals surface area (Å²) >= 11 is 13.4. The van der Waals surface area contributed by atoms with Crippen LogP contribution in [0.2, 0.25) is 10.0 Å². The number of amides is 1. The van der Waals surface area contributed by atoms with Gasteiger partial charge in [0.2, 0.25) is 0 Å². The van der Waals surface area contributed by atoms with Gasteiger partial charge in [-0.25, -0.2) is 14.5 Å². The second kappa shape index (κ2) is 7.03. The van der Waals surface area contributed by atoms with Gasteiger partial charge in [-0.2, -0.15) is 5.10 Å². The number of thiazole rings is 1. The first-order valence-electron chi connectivity index (χ1n) is 7.58. The number of fused-ring (bicyclic) bond motifs is 1. The number of halogens is 2. The van der Waals surface area contributed by atoms with Gasteiger partial charge in [-0.1, -0.05) is 29.3 Å². The van der Waals surface area contributed by atoms with Crippen molar-refractivity contribution in [2.24, 2.45) is 0 Å². The van der Waals surface area contributed by atoms with E-state index in [0.29, 0.717) is 32.9 Å². The molecule has 0 aliphatic rings. The lowest BCUT2D eigenvalue weighted by molar-refractivity contribution is 0.0946. The van der Waals surface area contributed by atoms with Gasteiger partial charge < -0.3 is 5.32 Å². The number of carbonyl (C=O) groups excluding carboxylic acids is 1. The molecule has 0 aliphatic heterocycles. The van der Waals surface area contributed by atoms with Crippen molar-refractivity contribution in [1.82, 2.24) is 24.9 Å². The fourth-order valence-corrected chi connectivity index (χ4v) is 3.69. The largest absolute Gasteiger partial charge is 0.347 e. The first-order valence-corrected chi connectivity index (χ1v) is 9.22. The molecule has 1 amide bonds. The minimum absolute atomic E-state index is 0.275. The molecular weight excluding hydrogens is 393 g/mol. The van der Waals surface area contributed by atoms with Gasteiger partial charge in [0, 0.05) is 34.4 Å². The number of hydrogen-bond acceptors (Lipinski definition) is 5. The fourth-order valence-electron chi connectivity index (χ4n) is 2.41. The maximum Gasteiger partial charge on any atom is 0.271 e. The monoisotopic (exact) mass is 403 g/mol. The predicted molar refractivity (Wildman–Crippen MR) is 102 cm³/mol. The molecule has 0 unspecified atom stereocenters. The third kappa shape index (κ3) is 3.29. The normalized spacial score (nSPS) is 11.0. The van der Waals surface area contributed by atoms with Crippen LogP contribution in [-0.4, -0.2) is 25.5 Å². The zero-order chi connectivity index (χ0) is 18.1. The molecule has 0 bridgehead atoms. The molecule has 9 heteroatoms. The van der Waals surface area contributed by atoms with Crippen LogP contribution in [-0.2, 0) is 6.54 Å². The van der Waals surface area contributed by atoms with E-state index in [1.807, 2.05) is 6.20 Å². The maximum atomic E-state index is 12.4. The summed E-state index contributed by atoms with van der Waals surface area (Å²) in [5.41, 5.74) is 2.61. The van der Waals surface area contributed by atoms with E-state index < -0.39 is 0 Å². The zero-order valence-electron chi connectivity index (χ0n) is 13.2. The van der Waals surface area contributed by atoms with Crippen molar-refractivity contribution in [3.63, 3.8) is 0 Å². The van der Waals surface area contributed by atoms with E-state index in [0.717, 1.165) is 11.1 Å². The number of benzene rings is 1. The van der Waals surface area contributed by atoms with Crippen molar-refractivity contribution in [2.75, 3.05) is 0 Å². The van der Waals surface area contributed by atoms with Crippen molar-refractivity contribution in [3.8, 4) is 10.6 Å². The van der Waals surface area contributed by atoms with Crippen molar-refractivity contribution < 1.29 is 4.79 Å². The molecule has 3 heterocycles. The lowest BCUT2D eigenvalue weighted by Crippen LogP contribution is -2.23. The summed E-state index contributed by atoms with van der Waals surface area (Å²) in [5, 5.41) is 10.5. The molecule has 1 N–H and O–H groups in total. The summed E-state index contributed by atoms with van der Waals surface area (Å²) in [4.78, 5) is 21.1. The van der Waals surface area contributed by atoms with E-state index in [1.54, 1.807) is 46.6 Å². The summed E-state index contributed by atoms with van der Waals surface area (Å²) in [5.74, 6) is -0.275. The molecule has 3 aromatic heterocycles. The van der Waals surface area contributed by atoms with E-state index in [2.05, 4.69) is 20.4 Å². The van der Waals surface area contributed by atoms with Gasteiger partial charge in [0.25, 0.3) is 5.91 Å². The van der Waals surface area contributed by atoms with Gasteiger partial charge in [0.15, 0.2) is 5.65 Å². The number of carbonyl (C=O) groups is 1. The molecule has 0 spiro atoms.